The fraction of sp³-hybridized carbons (Fsp3) is 0.538. The molecule has 0 aromatic heterocycles. The summed E-state index contributed by atoms with van der Waals surface area (Å²) in [4.78, 5) is -0.380. The van der Waals surface area contributed by atoms with Gasteiger partial charge in [0.2, 0.25) is 9.84 Å². The highest BCUT2D eigenvalue weighted by atomic mass is 32.2. The van der Waals surface area contributed by atoms with Crippen molar-refractivity contribution in [1.82, 2.24) is 0 Å². The Bertz CT molecular complexity index is 501. The molecule has 0 aliphatic carbocycles. The van der Waals surface area contributed by atoms with E-state index in [1.807, 2.05) is 0 Å². The van der Waals surface area contributed by atoms with Crippen LogP contribution in [0.3, 0.4) is 0 Å². The molecule has 0 bridgehead atoms. The fourth-order valence-electron chi connectivity index (χ4n) is 1.45. The van der Waals surface area contributed by atoms with Crippen molar-refractivity contribution in [3.05, 3.63) is 24.3 Å². The smallest absolute Gasteiger partial charge is 0.341 e. The molecule has 0 radical (unpaired) electrons. The molecule has 0 saturated carbocycles. The topological polar surface area (TPSA) is 55.4 Å². The van der Waals surface area contributed by atoms with Gasteiger partial charge in [-0.1, -0.05) is 13.8 Å². The number of rotatable bonds is 8. The number of hydrogen-bond acceptors (Lipinski definition) is 4. The summed E-state index contributed by atoms with van der Waals surface area (Å²) >= 11 is 0. The molecule has 0 amide bonds. The second-order valence-electron chi connectivity index (χ2n) is 4.73. The molecule has 1 rings (SSSR count). The number of alkyl halides is 2. The van der Waals surface area contributed by atoms with Gasteiger partial charge in [0.15, 0.2) is 0 Å². The second kappa shape index (κ2) is 7.54. The minimum atomic E-state index is -4.52. The molecule has 0 spiro atoms. The van der Waals surface area contributed by atoms with Gasteiger partial charge in [0.1, 0.15) is 0 Å². The Hall–Kier alpha value is -1.21. The third-order valence-corrected chi connectivity index (χ3v) is 3.84. The van der Waals surface area contributed by atoms with Crippen LogP contribution in [0.15, 0.2) is 29.2 Å². The Morgan fingerprint density at radius 3 is 2.30 bits per heavy atom. The lowest BCUT2D eigenvalue weighted by atomic mass is 10.2. The largest absolute Gasteiger partial charge is 0.383 e. The Balaban J connectivity index is 2.48. The summed E-state index contributed by atoms with van der Waals surface area (Å²) in [5.41, 5.74) is 0.659. The maximum atomic E-state index is 12.3. The lowest BCUT2D eigenvalue weighted by Gasteiger charge is -2.09. The van der Waals surface area contributed by atoms with Crippen LogP contribution in [0.25, 0.3) is 0 Å². The first kappa shape index (κ1) is 16.8. The van der Waals surface area contributed by atoms with Gasteiger partial charge >= 0.3 is 5.76 Å². The van der Waals surface area contributed by atoms with Crippen molar-refractivity contribution in [3.63, 3.8) is 0 Å². The molecule has 1 aromatic rings. The number of sulfone groups is 1. The van der Waals surface area contributed by atoms with Crippen molar-refractivity contribution in [3.8, 4) is 0 Å². The van der Waals surface area contributed by atoms with Crippen LogP contribution in [0.4, 0.5) is 14.5 Å². The van der Waals surface area contributed by atoms with E-state index < -0.39 is 15.6 Å². The van der Waals surface area contributed by atoms with Crippen LogP contribution in [-0.2, 0) is 14.6 Å². The van der Waals surface area contributed by atoms with Crippen LogP contribution in [0.2, 0.25) is 0 Å². The monoisotopic (exact) mass is 307 g/mol. The number of benzene rings is 1. The van der Waals surface area contributed by atoms with Crippen LogP contribution in [0.5, 0.6) is 0 Å². The predicted molar refractivity (Wildman–Crippen MR) is 73.8 cm³/mol. The van der Waals surface area contributed by atoms with Crippen molar-refractivity contribution in [2.45, 2.75) is 24.5 Å². The highest BCUT2D eigenvalue weighted by Gasteiger charge is 2.26. The highest BCUT2D eigenvalue weighted by molar-refractivity contribution is 7.91. The van der Waals surface area contributed by atoms with E-state index >= 15 is 0 Å². The molecule has 7 heteroatoms. The van der Waals surface area contributed by atoms with Crippen molar-refractivity contribution in [2.24, 2.45) is 5.92 Å². The molecule has 0 aliphatic rings. The van der Waals surface area contributed by atoms with E-state index in [0.717, 1.165) is 0 Å². The third kappa shape index (κ3) is 5.05. The van der Waals surface area contributed by atoms with Crippen LogP contribution in [0.1, 0.15) is 13.8 Å². The van der Waals surface area contributed by atoms with E-state index in [1.165, 1.54) is 24.3 Å². The van der Waals surface area contributed by atoms with E-state index in [9.17, 15) is 17.2 Å². The van der Waals surface area contributed by atoms with Gasteiger partial charge in [-0.25, -0.2) is 8.42 Å². The van der Waals surface area contributed by atoms with Crippen LogP contribution in [0, 0.1) is 5.92 Å². The van der Waals surface area contributed by atoms with E-state index in [0.29, 0.717) is 31.4 Å². The summed E-state index contributed by atoms with van der Waals surface area (Å²) in [6.07, 6.45) is 0. The molecule has 0 heterocycles. The zero-order valence-corrected chi connectivity index (χ0v) is 12.3. The standard InChI is InChI=1S/C13H19F2NO3S/c1-10(2)9-19-8-7-16-11-3-5-12(6-4-11)20(17,18)13(14)15/h3-6,10,13,16H,7-9H2,1-2H3. The summed E-state index contributed by atoms with van der Waals surface area (Å²) in [6, 6.07) is 5.24. The summed E-state index contributed by atoms with van der Waals surface area (Å²) in [7, 11) is -4.52. The normalized spacial score (nSPS) is 12.1. The second-order valence-corrected chi connectivity index (χ2v) is 6.64. The van der Waals surface area contributed by atoms with Crippen molar-refractivity contribution in [2.75, 3.05) is 25.1 Å². The predicted octanol–water partition coefficient (Wildman–Crippen LogP) is 2.77. The van der Waals surface area contributed by atoms with Crippen LogP contribution in [-0.4, -0.2) is 33.9 Å². The first-order valence-electron chi connectivity index (χ1n) is 6.27. The van der Waals surface area contributed by atoms with Gasteiger partial charge in [-0.3, -0.25) is 0 Å². The average Bonchev–Trinajstić information content (AvgIpc) is 2.38. The molecule has 0 atom stereocenters. The first-order valence-corrected chi connectivity index (χ1v) is 7.82. The number of halogens is 2. The third-order valence-electron chi connectivity index (χ3n) is 2.44. The van der Waals surface area contributed by atoms with Crippen LogP contribution >= 0.6 is 0 Å². The Kier molecular flexibility index (Phi) is 6.35. The maximum absolute atomic E-state index is 12.3. The summed E-state index contributed by atoms with van der Waals surface area (Å²) in [5, 5.41) is 3.02. The fourth-order valence-corrected chi connectivity index (χ4v) is 2.17. The zero-order valence-electron chi connectivity index (χ0n) is 11.5. The Morgan fingerprint density at radius 2 is 1.80 bits per heavy atom. The number of ether oxygens (including phenoxy) is 1. The molecule has 0 fully saturated rings. The summed E-state index contributed by atoms with van der Waals surface area (Å²) in [6.45, 7) is 5.86. The first-order chi connectivity index (χ1) is 9.34. The van der Waals surface area contributed by atoms with Crippen molar-refractivity contribution in [1.29, 1.82) is 0 Å². The number of nitrogens with one attached hydrogen (secondary N) is 1. The maximum Gasteiger partial charge on any atom is 0.341 e. The molecule has 0 unspecified atom stereocenters. The summed E-state index contributed by atoms with van der Waals surface area (Å²) in [5.74, 6) is -2.93. The average molecular weight is 307 g/mol. The molecular weight excluding hydrogens is 288 g/mol. The van der Waals surface area contributed by atoms with Gasteiger partial charge in [-0.2, -0.15) is 8.78 Å². The van der Waals surface area contributed by atoms with Gasteiger partial charge < -0.3 is 10.1 Å². The van der Waals surface area contributed by atoms with Gasteiger partial charge in [-0.15, -0.1) is 0 Å². The molecular formula is C13H19F2NO3S. The van der Waals surface area contributed by atoms with E-state index in [4.69, 9.17) is 4.74 Å². The molecule has 20 heavy (non-hydrogen) atoms. The highest BCUT2D eigenvalue weighted by Crippen LogP contribution is 2.20. The lowest BCUT2D eigenvalue weighted by molar-refractivity contribution is 0.118. The Morgan fingerprint density at radius 1 is 1.20 bits per heavy atom. The zero-order chi connectivity index (χ0) is 15.2. The van der Waals surface area contributed by atoms with Gasteiger partial charge in [0.05, 0.1) is 11.5 Å². The number of hydrogen-bond donors (Lipinski definition) is 1. The quantitative estimate of drug-likeness (QED) is 0.750. The van der Waals surface area contributed by atoms with E-state index in [2.05, 4.69) is 19.2 Å². The van der Waals surface area contributed by atoms with Crippen molar-refractivity contribution >= 4 is 15.5 Å². The van der Waals surface area contributed by atoms with Gasteiger partial charge in [0.25, 0.3) is 0 Å². The minimum Gasteiger partial charge on any atom is -0.383 e. The van der Waals surface area contributed by atoms with Crippen LogP contribution < -0.4 is 5.32 Å². The lowest BCUT2D eigenvalue weighted by Crippen LogP contribution is -2.13. The number of anilines is 1. The SMILES string of the molecule is CC(C)COCCNc1ccc(S(=O)(=O)C(F)F)cc1. The van der Waals surface area contributed by atoms with Gasteiger partial charge in [-0.05, 0) is 30.2 Å². The summed E-state index contributed by atoms with van der Waals surface area (Å²) < 4.78 is 52.5. The molecule has 0 saturated heterocycles. The van der Waals surface area contributed by atoms with Gasteiger partial charge in [0, 0.05) is 18.8 Å². The Labute approximate surface area is 118 Å². The molecule has 0 aliphatic heterocycles. The van der Waals surface area contributed by atoms with Crippen molar-refractivity contribution < 1.29 is 21.9 Å². The van der Waals surface area contributed by atoms with E-state index in [1.54, 1.807) is 0 Å². The molecule has 1 N–H and O–H groups in total. The molecule has 114 valence electrons. The minimum absolute atomic E-state index is 0.380. The molecule has 4 nitrogen and oxygen atoms in total. The molecule has 1 aromatic carbocycles. The van der Waals surface area contributed by atoms with E-state index in [-0.39, 0.29) is 4.90 Å².